The monoisotopic (exact) mass is 261 g/mol. The number of amides is 1. The standard InChI is InChI=1S/C14H16FN3O/c15-12-7-11(8-17-9-12)13(19)18-14(10-16)5-3-1-2-4-6-14/h7-9H,1-6H2,(H,18,19). The molecule has 0 aromatic carbocycles. The van der Waals surface area contributed by atoms with Gasteiger partial charge in [-0.15, -0.1) is 0 Å². The Labute approximate surface area is 111 Å². The van der Waals surface area contributed by atoms with E-state index in [-0.39, 0.29) is 5.56 Å². The lowest BCUT2D eigenvalue weighted by Gasteiger charge is -2.26. The van der Waals surface area contributed by atoms with Crippen molar-refractivity contribution in [1.29, 1.82) is 5.26 Å². The number of carbonyl (C=O) groups excluding carboxylic acids is 1. The largest absolute Gasteiger partial charge is 0.334 e. The van der Waals surface area contributed by atoms with E-state index in [4.69, 9.17) is 0 Å². The molecule has 1 amide bonds. The number of hydrogen-bond donors (Lipinski definition) is 1. The number of halogens is 1. The van der Waals surface area contributed by atoms with Crippen LogP contribution in [0, 0.1) is 17.1 Å². The van der Waals surface area contributed by atoms with Crippen molar-refractivity contribution in [3.8, 4) is 6.07 Å². The summed E-state index contributed by atoms with van der Waals surface area (Å²) in [6, 6.07) is 3.36. The third kappa shape index (κ3) is 3.28. The van der Waals surface area contributed by atoms with E-state index >= 15 is 0 Å². The predicted octanol–water partition coefficient (Wildman–Crippen LogP) is 2.57. The summed E-state index contributed by atoms with van der Waals surface area (Å²) >= 11 is 0. The highest BCUT2D eigenvalue weighted by Crippen LogP contribution is 2.26. The minimum Gasteiger partial charge on any atom is -0.334 e. The molecule has 0 unspecified atom stereocenters. The molecule has 1 aliphatic carbocycles. The Bertz CT molecular complexity index is 502. The van der Waals surface area contributed by atoms with Gasteiger partial charge in [-0.2, -0.15) is 5.26 Å². The first-order chi connectivity index (χ1) is 9.15. The summed E-state index contributed by atoms with van der Waals surface area (Å²) in [6.45, 7) is 0. The van der Waals surface area contributed by atoms with Crippen molar-refractivity contribution in [1.82, 2.24) is 10.3 Å². The van der Waals surface area contributed by atoms with Crippen LogP contribution in [0.25, 0.3) is 0 Å². The maximum atomic E-state index is 13.0. The molecule has 0 atom stereocenters. The second-order valence-electron chi connectivity index (χ2n) is 4.95. The van der Waals surface area contributed by atoms with Crippen molar-refractivity contribution < 1.29 is 9.18 Å². The number of nitriles is 1. The van der Waals surface area contributed by atoms with Crippen molar-refractivity contribution in [2.45, 2.75) is 44.1 Å². The first-order valence-corrected chi connectivity index (χ1v) is 6.49. The highest BCUT2D eigenvalue weighted by molar-refractivity contribution is 5.94. The van der Waals surface area contributed by atoms with E-state index in [1.54, 1.807) is 0 Å². The average Bonchev–Trinajstić information content (AvgIpc) is 2.65. The van der Waals surface area contributed by atoms with Crippen LogP contribution in [-0.2, 0) is 0 Å². The van der Waals surface area contributed by atoms with Crippen LogP contribution in [0.2, 0.25) is 0 Å². The van der Waals surface area contributed by atoms with E-state index in [1.165, 1.54) is 6.20 Å². The van der Waals surface area contributed by atoms with E-state index in [9.17, 15) is 14.4 Å². The molecule has 0 bridgehead atoms. The highest BCUT2D eigenvalue weighted by atomic mass is 19.1. The number of rotatable bonds is 2. The fourth-order valence-corrected chi connectivity index (χ4v) is 2.42. The van der Waals surface area contributed by atoms with Crippen LogP contribution in [0.4, 0.5) is 4.39 Å². The summed E-state index contributed by atoms with van der Waals surface area (Å²) in [5, 5.41) is 12.1. The van der Waals surface area contributed by atoms with Gasteiger partial charge >= 0.3 is 0 Å². The Hall–Kier alpha value is -1.96. The maximum Gasteiger partial charge on any atom is 0.254 e. The first-order valence-electron chi connectivity index (χ1n) is 6.49. The Morgan fingerprint density at radius 3 is 2.58 bits per heavy atom. The van der Waals surface area contributed by atoms with Crippen molar-refractivity contribution in [3.05, 3.63) is 29.8 Å². The normalized spacial score (nSPS) is 18.1. The molecule has 0 aliphatic heterocycles. The maximum absolute atomic E-state index is 13.0. The Morgan fingerprint density at radius 1 is 1.32 bits per heavy atom. The van der Waals surface area contributed by atoms with Gasteiger partial charge < -0.3 is 5.32 Å². The van der Waals surface area contributed by atoms with Crippen LogP contribution in [0.1, 0.15) is 48.9 Å². The molecule has 5 heteroatoms. The van der Waals surface area contributed by atoms with E-state index < -0.39 is 17.3 Å². The van der Waals surface area contributed by atoms with Gasteiger partial charge in [0.15, 0.2) is 0 Å². The van der Waals surface area contributed by atoms with E-state index in [0.29, 0.717) is 12.8 Å². The highest BCUT2D eigenvalue weighted by Gasteiger charge is 2.32. The fourth-order valence-electron chi connectivity index (χ4n) is 2.42. The molecule has 1 fully saturated rings. The summed E-state index contributed by atoms with van der Waals surface area (Å²) < 4.78 is 13.0. The van der Waals surface area contributed by atoms with Gasteiger partial charge in [-0.25, -0.2) is 4.39 Å². The van der Waals surface area contributed by atoms with Crippen LogP contribution >= 0.6 is 0 Å². The zero-order valence-electron chi connectivity index (χ0n) is 10.7. The number of nitrogens with zero attached hydrogens (tertiary/aromatic N) is 2. The van der Waals surface area contributed by atoms with Gasteiger partial charge in [0.2, 0.25) is 0 Å². The molecule has 1 aromatic heterocycles. The van der Waals surface area contributed by atoms with Crippen molar-refractivity contribution in [2.24, 2.45) is 0 Å². The topological polar surface area (TPSA) is 65.8 Å². The van der Waals surface area contributed by atoms with Gasteiger partial charge in [0.25, 0.3) is 5.91 Å². The smallest absolute Gasteiger partial charge is 0.254 e. The third-order valence-corrected chi connectivity index (χ3v) is 3.49. The minimum absolute atomic E-state index is 0.152. The zero-order valence-corrected chi connectivity index (χ0v) is 10.7. The van der Waals surface area contributed by atoms with Gasteiger partial charge in [-0.3, -0.25) is 9.78 Å². The van der Waals surface area contributed by atoms with E-state index in [2.05, 4.69) is 16.4 Å². The lowest BCUT2D eigenvalue weighted by molar-refractivity contribution is 0.0912. The third-order valence-electron chi connectivity index (χ3n) is 3.49. The first kappa shape index (κ1) is 13.5. The van der Waals surface area contributed by atoms with Gasteiger partial charge in [-0.05, 0) is 18.9 Å². The molecule has 0 radical (unpaired) electrons. The molecular formula is C14H16FN3O. The molecule has 1 aliphatic rings. The molecule has 1 saturated carbocycles. The number of nitrogens with one attached hydrogen (secondary N) is 1. The zero-order chi connectivity index (χ0) is 13.7. The quantitative estimate of drug-likeness (QED) is 0.832. The van der Waals surface area contributed by atoms with Crippen LogP contribution in [-0.4, -0.2) is 16.4 Å². The molecule has 0 saturated heterocycles. The molecule has 1 aromatic rings. The van der Waals surface area contributed by atoms with Crippen LogP contribution < -0.4 is 5.32 Å². The fraction of sp³-hybridized carbons (Fsp3) is 0.500. The van der Waals surface area contributed by atoms with E-state index in [1.807, 2.05) is 0 Å². The molecule has 19 heavy (non-hydrogen) atoms. The molecule has 1 heterocycles. The second kappa shape index (κ2) is 5.79. The summed E-state index contributed by atoms with van der Waals surface area (Å²) in [5.41, 5.74) is -0.668. The number of pyridine rings is 1. The Kier molecular flexibility index (Phi) is 4.10. The lowest BCUT2D eigenvalue weighted by atomic mass is 9.91. The molecular weight excluding hydrogens is 245 g/mol. The van der Waals surface area contributed by atoms with Gasteiger partial charge in [0.1, 0.15) is 11.4 Å². The molecule has 2 rings (SSSR count). The second-order valence-corrected chi connectivity index (χ2v) is 4.95. The molecule has 100 valence electrons. The summed E-state index contributed by atoms with van der Waals surface area (Å²) in [4.78, 5) is 15.7. The summed E-state index contributed by atoms with van der Waals surface area (Å²) in [7, 11) is 0. The van der Waals surface area contributed by atoms with Gasteiger partial charge in [0, 0.05) is 6.20 Å². The number of aromatic nitrogens is 1. The number of hydrogen-bond acceptors (Lipinski definition) is 3. The van der Waals surface area contributed by atoms with Gasteiger partial charge in [0.05, 0.1) is 17.8 Å². The molecule has 4 nitrogen and oxygen atoms in total. The summed E-state index contributed by atoms with van der Waals surface area (Å²) in [6.07, 6.45) is 7.67. The predicted molar refractivity (Wildman–Crippen MR) is 67.7 cm³/mol. The number of carbonyl (C=O) groups is 1. The van der Waals surface area contributed by atoms with Crippen molar-refractivity contribution >= 4 is 5.91 Å². The van der Waals surface area contributed by atoms with Crippen LogP contribution in [0.15, 0.2) is 18.5 Å². The molecule has 1 N–H and O–H groups in total. The average molecular weight is 261 g/mol. The van der Waals surface area contributed by atoms with Crippen LogP contribution in [0.5, 0.6) is 0 Å². The van der Waals surface area contributed by atoms with Crippen LogP contribution in [0.3, 0.4) is 0 Å². The van der Waals surface area contributed by atoms with Gasteiger partial charge in [-0.1, -0.05) is 25.7 Å². The van der Waals surface area contributed by atoms with Crippen molar-refractivity contribution in [3.63, 3.8) is 0 Å². The van der Waals surface area contributed by atoms with Crippen molar-refractivity contribution in [2.75, 3.05) is 0 Å². The summed E-state index contributed by atoms with van der Waals surface area (Å²) in [5.74, 6) is -0.991. The minimum atomic E-state index is -0.820. The SMILES string of the molecule is N#CC1(NC(=O)c2cncc(F)c2)CCCCCC1. The Morgan fingerprint density at radius 2 is 2.00 bits per heavy atom. The lowest BCUT2D eigenvalue weighted by Crippen LogP contribution is -2.47. The molecule has 0 spiro atoms. The van der Waals surface area contributed by atoms with E-state index in [0.717, 1.165) is 37.9 Å². The Balaban J connectivity index is 2.14.